The lowest BCUT2D eigenvalue weighted by atomic mass is 9.69. The van der Waals surface area contributed by atoms with E-state index < -0.39 is 23.2 Å². The van der Waals surface area contributed by atoms with Crippen LogP contribution in [0.1, 0.15) is 60.1 Å². The number of imide groups is 1. The van der Waals surface area contributed by atoms with E-state index in [4.69, 9.17) is 26.1 Å². The molecule has 1 unspecified atom stereocenters. The Hall–Kier alpha value is -5.57. The fourth-order valence-corrected chi connectivity index (χ4v) is 9.88. The van der Waals surface area contributed by atoms with Crippen LogP contribution < -0.4 is 31.3 Å². The third-order valence-corrected chi connectivity index (χ3v) is 13.9. The Bertz CT molecular complexity index is 2400. The maximum atomic E-state index is 14.7. The molecule has 5 N–H and O–H groups in total. The molecule has 3 aliphatic heterocycles. The number of nitrogens with one attached hydrogen (secondary N) is 5. The fourth-order valence-electron chi connectivity index (χ4n) is 9.18. The van der Waals surface area contributed by atoms with E-state index >= 15 is 0 Å². The van der Waals surface area contributed by atoms with E-state index in [1.165, 1.54) is 22.3 Å². The van der Waals surface area contributed by atoms with E-state index in [1.807, 2.05) is 23.6 Å². The highest BCUT2D eigenvalue weighted by atomic mass is 35.5. The second-order valence-electron chi connectivity index (χ2n) is 17.3. The molecule has 8 rings (SSSR count). The predicted molar refractivity (Wildman–Crippen MR) is 251 cm³/mol. The number of piperidine rings is 1. The molecule has 67 heavy (non-hydrogen) atoms. The van der Waals surface area contributed by atoms with Crippen LogP contribution in [0.25, 0.3) is 0 Å². The Labute approximate surface area is 397 Å². The van der Waals surface area contributed by atoms with E-state index in [-0.39, 0.29) is 66.4 Å². The summed E-state index contributed by atoms with van der Waals surface area (Å²) in [6.07, 6.45) is 4.63. The van der Waals surface area contributed by atoms with Gasteiger partial charge < -0.3 is 35.6 Å². The maximum absolute atomic E-state index is 14.7. The van der Waals surface area contributed by atoms with Crippen LogP contribution in [0.2, 0.25) is 5.02 Å². The summed E-state index contributed by atoms with van der Waals surface area (Å²) in [7, 11) is 0. The van der Waals surface area contributed by atoms with Gasteiger partial charge in [-0.2, -0.15) is 0 Å². The molecule has 2 aromatic carbocycles. The highest BCUT2D eigenvalue weighted by molar-refractivity contribution is 7.13. The van der Waals surface area contributed by atoms with Crippen LogP contribution in [0.4, 0.5) is 21.0 Å². The number of ether oxygens (including phenoxy) is 2. The van der Waals surface area contributed by atoms with Gasteiger partial charge in [0.05, 0.1) is 36.3 Å². The van der Waals surface area contributed by atoms with E-state index in [0.717, 1.165) is 50.1 Å². The number of thiazole rings is 1. The molecule has 5 amide bonds. The lowest BCUT2D eigenvalue weighted by Gasteiger charge is -2.39. The number of hydrogen-bond donors (Lipinski definition) is 5. The molecule has 5 heterocycles. The van der Waals surface area contributed by atoms with Crippen molar-refractivity contribution in [2.75, 3.05) is 82.8 Å². The third kappa shape index (κ3) is 12.3. The number of carbonyl (C=O) groups excluding carboxylic acids is 5. The van der Waals surface area contributed by atoms with Gasteiger partial charge in [0.15, 0.2) is 16.7 Å². The van der Waals surface area contributed by atoms with Crippen molar-refractivity contribution in [3.05, 3.63) is 93.8 Å². The van der Waals surface area contributed by atoms with E-state index in [0.29, 0.717) is 81.0 Å². The molecule has 2 saturated heterocycles. The summed E-state index contributed by atoms with van der Waals surface area (Å²) in [5.74, 6) is -1.19. The highest BCUT2D eigenvalue weighted by Crippen LogP contribution is 2.41. The van der Waals surface area contributed by atoms with Crippen molar-refractivity contribution in [1.82, 2.24) is 40.6 Å². The molecule has 3 fully saturated rings. The molecule has 1 saturated carbocycles. The van der Waals surface area contributed by atoms with Crippen LogP contribution in [-0.2, 0) is 36.9 Å². The number of nitrogens with zero attached hydrogens (tertiary/aromatic N) is 5. The first kappa shape index (κ1) is 47.9. The van der Waals surface area contributed by atoms with Crippen LogP contribution in [-0.4, -0.2) is 138 Å². The second kappa shape index (κ2) is 22.5. The van der Waals surface area contributed by atoms with E-state index in [1.54, 1.807) is 36.5 Å². The minimum Gasteiger partial charge on any atom is -0.487 e. The monoisotopic (exact) mass is 958 g/mol. The summed E-state index contributed by atoms with van der Waals surface area (Å²) >= 11 is 7.49. The van der Waals surface area contributed by atoms with Crippen LogP contribution in [0.5, 0.6) is 5.75 Å². The third-order valence-electron chi connectivity index (χ3n) is 12.9. The molecule has 0 radical (unpaired) electrons. The Morgan fingerprint density at radius 2 is 1.72 bits per heavy atom. The van der Waals surface area contributed by atoms with Crippen molar-refractivity contribution in [2.24, 2.45) is 5.41 Å². The molecule has 1 atom stereocenters. The Balaban J connectivity index is 0.725. The maximum Gasteiger partial charge on any atom is 0.255 e. The molecule has 17 nitrogen and oxygen atoms in total. The Kier molecular flexibility index (Phi) is 16.1. The van der Waals surface area contributed by atoms with Gasteiger partial charge in [0.2, 0.25) is 23.6 Å². The van der Waals surface area contributed by atoms with E-state index in [2.05, 4.69) is 41.4 Å². The van der Waals surface area contributed by atoms with Gasteiger partial charge in [0.1, 0.15) is 11.9 Å². The first-order valence-corrected chi connectivity index (χ1v) is 24.1. The first-order valence-electron chi connectivity index (χ1n) is 22.8. The molecule has 0 spiro atoms. The number of anilines is 3. The predicted octanol–water partition coefficient (Wildman–Crippen LogP) is 4.36. The topological polar surface area (TPSA) is 199 Å². The minimum absolute atomic E-state index is 0.0108. The van der Waals surface area contributed by atoms with E-state index in [9.17, 15) is 28.4 Å². The van der Waals surface area contributed by atoms with Crippen LogP contribution in [0, 0.1) is 11.2 Å². The number of hydrogen-bond acceptors (Lipinski definition) is 14. The van der Waals surface area contributed by atoms with Crippen LogP contribution in [0.15, 0.2) is 66.2 Å². The van der Waals surface area contributed by atoms with Crippen molar-refractivity contribution in [3.63, 3.8) is 0 Å². The Morgan fingerprint density at radius 1 is 0.940 bits per heavy atom. The number of aromatic nitrogens is 2. The molecule has 1 aliphatic carbocycles. The summed E-state index contributed by atoms with van der Waals surface area (Å²) < 4.78 is 26.6. The van der Waals surface area contributed by atoms with Gasteiger partial charge in [-0.05, 0) is 68.5 Å². The van der Waals surface area contributed by atoms with Crippen molar-refractivity contribution >= 4 is 69.1 Å². The smallest absolute Gasteiger partial charge is 0.255 e. The molecule has 0 bridgehead atoms. The molecule has 4 aromatic rings. The van der Waals surface area contributed by atoms with Gasteiger partial charge >= 0.3 is 0 Å². The number of rotatable bonds is 20. The van der Waals surface area contributed by atoms with Gasteiger partial charge in [0.25, 0.3) is 5.91 Å². The summed E-state index contributed by atoms with van der Waals surface area (Å²) in [6.45, 7) is 7.21. The molecular weight excluding hydrogens is 903 g/mol. The summed E-state index contributed by atoms with van der Waals surface area (Å²) in [6, 6.07) is 14.9. The standard InChI is InChI=1S/C47H56ClFN10O7S/c48-35-6-3-8-38(42(35)49)66-32-12-14-47(15-13-32,28-31-4-1-9-39(53-31)55-46-52-18-27-67-46)45(64)51-16-19-57-20-22-58(23-21-57)24-26-65-25-17-50-29-41(61)54-36-7-2-5-33-34(36)30-59(44(33)63)37-10-11-40(60)56-43(37)62/h1-9,18,27,32,37,50H,10-17,19-26,28-30H2,(H,51,64)(H,54,61)(H,52,53,55)(H,56,60,62). The molecule has 2 aromatic heterocycles. The molecular formula is C47H56ClFN10O7S. The number of fused-ring (bicyclic) bond motifs is 1. The number of amides is 5. The zero-order valence-electron chi connectivity index (χ0n) is 37.2. The van der Waals surface area contributed by atoms with Crippen molar-refractivity contribution in [1.29, 1.82) is 0 Å². The van der Waals surface area contributed by atoms with Crippen molar-refractivity contribution in [3.8, 4) is 5.75 Å². The average Bonchev–Trinajstić information content (AvgIpc) is 3.96. The summed E-state index contributed by atoms with van der Waals surface area (Å²) in [5, 5.41) is 17.4. The molecule has 20 heteroatoms. The zero-order chi connectivity index (χ0) is 46.8. The van der Waals surface area contributed by atoms with Gasteiger partial charge in [-0.25, -0.2) is 14.4 Å². The highest BCUT2D eigenvalue weighted by Gasteiger charge is 2.43. The lowest BCUT2D eigenvalue weighted by molar-refractivity contribution is -0.137. The summed E-state index contributed by atoms with van der Waals surface area (Å²) in [4.78, 5) is 79.4. The molecule has 356 valence electrons. The normalized spacial score (nSPS) is 21.2. The first-order chi connectivity index (χ1) is 32.5. The van der Waals surface area contributed by atoms with Crippen molar-refractivity contribution in [2.45, 2.75) is 63.6 Å². The van der Waals surface area contributed by atoms with Gasteiger partial charge in [0, 0.05) is 106 Å². The van der Waals surface area contributed by atoms with Crippen LogP contribution >= 0.6 is 22.9 Å². The van der Waals surface area contributed by atoms with Gasteiger partial charge in [-0.3, -0.25) is 39.1 Å². The quantitative estimate of drug-likeness (QED) is 0.0619. The molecule has 4 aliphatic rings. The minimum atomic E-state index is -0.729. The number of piperazine rings is 1. The van der Waals surface area contributed by atoms with Crippen LogP contribution in [0.3, 0.4) is 0 Å². The number of halogens is 2. The van der Waals surface area contributed by atoms with Gasteiger partial charge in [-0.1, -0.05) is 29.8 Å². The number of benzene rings is 2. The SMILES string of the molecule is O=C1CCC(N2Cc3c(NC(=O)CNCCOCCN4CCN(CCNC(=O)C5(Cc6cccc(Nc7nccs7)n6)CCC(Oc6cccc(Cl)c6F)CC5)CC4)cccc3C2=O)C(=O)N1. The van der Waals surface area contributed by atoms with Gasteiger partial charge in [-0.15, -0.1) is 11.3 Å². The fraction of sp³-hybridized carbons (Fsp3) is 0.468. The second-order valence-corrected chi connectivity index (χ2v) is 18.6. The summed E-state index contributed by atoms with van der Waals surface area (Å²) in [5.41, 5.74) is 1.69. The van der Waals surface area contributed by atoms with Crippen molar-refractivity contribution < 1.29 is 37.8 Å². The number of pyridine rings is 1. The largest absolute Gasteiger partial charge is 0.487 e. The average molecular weight is 960 g/mol. The number of carbonyl (C=O) groups is 5. The zero-order valence-corrected chi connectivity index (χ0v) is 38.8. The Morgan fingerprint density at radius 3 is 2.49 bits per heavy atom. The lowest BCUT2D eigenvalue weighted by Crippen LogP contribution is -2.52.